The highest BCUT2D eigenvalue weighted by molar-refractivity contribution is 7.09. The Labute approximate surface area is 206 Å². The summed E-state index contributed by atoms with van der Waals surface area (Å²) in [6.07, 6.45) is 5.85. The molecule has 182 valence electrons. The van der Waals surface area contributed by atoms with Crippen LogP contribution >= 0.6 is 11.3 Å². The average Bonchev–Trinajstić information content (AvgIpc) is 3.52. The lowest BCUT2D eigenvalue weighted by Crippen LogP contribution is -2.45. The zero-order valence-electron chi connectivity index (χ0n) is 20.0. The van der Waals surface area contributed by atoms with Crippen molar-refractivity contribution in [2.75, 3.05) is 31.1 Å². The molecule has 0 bridgehead atoms. The van der Waals surface area contributed by atoms with E-state index in [1.165, 1.54) is 10.4 Å². The minimum absolute atomic E-state index is 0.0136. The number of nitrogens with one attached hydrogen (secondary N) is 1. The lowest BCUT2D eigenvalue weighted by Gasteiger charge is -2.33. The summed E-state index contributed by atoms with van der Waals surface area (Å²) in [7, 11) is 0. The summed E-state index contributed by atoms with van der Waals surface area (Å²) in [6.45, 7) is 4.43. The number of hydrogen-bond acceptors (Lipinski definition) is 4. The van der Waals surface area contributed by atoms with Crippen LogP contribution in [0.25, 0.3) is 0 Å². The molecule has 2 aromatic rings. The van der Waals surface area contributed by atoms with Gasteiger partial charge in [0.05, 0.1) is 5.92 Å². The van der Waals surface area contributed by atoms with Gasteiger partial charge in [-0.25, -0.2) is 0 Å². The summed E-state index contributed by atoms with van der Waals surface area (Å²) >= 11 is 1.70. The molecule has 1 unspecified atom stereocenters. The van der Waals surface area contributed by atoms with Gasteiger partial charge in [0.1, 0.15) is 0 Å². The molecule has 2 aliphatic heterocycles. The van der Waals surface area contributed by atoms with Crippen LogP contribution < -0.4 is 10.2 Å². The van der Waals surface area contributed by atoms with Gasteiger partial charge in [0, 0.05) is 49.1 Å². The van der Waals surface area contributed by atoms with E-state index in [1.807, 2.05) is 28.5 Å². The predicted octanol–water partition coefficient (Wildman–Crippen LogP) is 4.04. The molecular formula is C27H35N3O3S. The molecule has 0 saturated carbocycles. The Morgan fingerprint density at radius 3 is 2.50 bits per heavy atom. The zero-order chi connectivity index (χ0) is 23.9. The Bertz CT molecular complexity index is 966. The van der Waals surface area contributed by atoms with Gasteiger partial charge in [-0.05, 0) is 61.2 Å². The number of likely N-dealkylation sites (tertiary alicyclic amines) is 1. The topological polar surface area (TPSA) is 69.7 Å². The summed E-state index contributed by atoms with van der Waals surface area (Å²) in [4.78, 5) is 43.2. The maximum atomic E-state index is 13.1. The lowest BCUT2D eigenvalue weighted by molar-refractivity contribution is -0.139. The van der Waals surface area contributed by atoms with Gasteiger partial charge in [-0.2, -0.15) is 0 Å². The lowest BCUT2D eigenvalue weighted by atomic mass is 9.94. The van der Waals surface area contributed by atoms with E-state index >= 15 is 0 Å². The number of thiophene rings is 1. The normalized spacial score (nSPS) is 19.0. The number of rotatable bonds is 9. The summed E-state index contributed by atoms with van der Waals surface area (Å²) in [6, 6.07) is 12.3. The average molecular weight is 482 g/mol. The molecule has 3 heterocycles. The molecule has 0 aliphatic carbocycles. The number of nitrogens with zero attached hydrogens (tertiary/aromatic N) is 2. The van der Waals surface area contributed by atoms with Gasteiger partial charge in [0.2, 0.25) is 17.7 Å². The van der Waals surface area contributed by atoms with E-state index in [0.29, 0.717) is 39.0 Å². The van der Waals surface area contributed by atoms with Crippen LogP contribution in [0.2, 0.25) is 0 Å². The number of aryl methyl sites for hydroxylation is 1. The van der Waals surface area contributed by atoms with Gasteiger partial charge < -0.3 is 15.1 Å². The molecule has 2 saturated heterocycles. The smallest absolute Gasteiger partial charge is 0.228 e. The highest BCUT2D eigenvalue weighted by atomic mass is 32.1. The van der Waals surface area contributed by atoms with Crippen LogP contribution in [0.5, 0.6) is 0 Å². The highest BCUT2D eigenvalue weighted by Gasteiger charge is 2.38. The molecule has 7 heteroatoms. The predicted molar refractivity (Wildman–Crippen MR) is 136 cm³/mol. The summed E-state index contributed by atoms with van der Waals surface area (Å²) in [5.74, 6) is -0.191. The standard InChI is InChI=1S/C27H35N3O3S/c1-2-3-5-20-7-9-23(10-8-20)30-19-22(18-25(30)31)27(33)29-15-12-21(13-16-29)26(32)28-14-11-24-6-4-17-34-24/h4,6-10,17,21-22H,2-3,5,11-16,18-19H2,1H3,(H,28,32). The Hall–Kier alpha value is -2.67. The molecule has 1 aromatic heterocycles. The Morgan fingerprint density at radius 1 is 1.06 bits per heavy atom. The molecule has 2 aliphatic rings. The number of carbonyl (C=O) groups is 3. The fraction of sp³-hybridized carbons (Fsp3) is 0.519. The van der Waals surface area contributed by atoms with Crippen LogP contribution in [-0.2, 0) is 27.2 Å². The van der Waals surface area contributed by atoms with Crippen molar-refractivity contribution in [2.45, 2.75) is 51.9 Å². The van der Waals surface area contributed by atoms with Crippen molar-refractivity contribution < 1.29 is 14.4 Å². The van der Waals surface area contributed by atoms with E-state index in [-0.39, 0.29) is 36.0 Å². The van der Waals surface area contributed by atoms with E-state index in [9.17, 15) is 14.4 Å². The fourth-order valence-corrected chi connectivity index (χ4v) is 5.58. The molecule has 4 rings (SSSR count). The van der Waals surface area contributed by atoms with E-state index < -0.39 is 0 Å². The molecule has 2 fully saturated rings. The molecular weight excluding hydrogens is 446 g/mol. The highest BCUT2D eigenvalue weighted by Crippen LogP contribution is 2.28. The van der Waals surface area contributed by atoms with Crippen molar-refractivity contribution in [1.82, 2.24) is 10.2 Å². The molecule has 34 heavy (non-hydrogen) atoms. The van der Waals surface area contributed by atoms with E-state index in [1.54, 1.807) is 16.2 Å². The number of piperidine rings is 1. The van der Waals surface area contributed by atoms with Crippen LogP contribution in [0.1, 0.15) is 49.5 Å². The quantitative estimate of drug-likeness (QED) is 0.588. The van der Waals surface area contributed by atoms with Crippen molar-refractivity contribution in [3.05, 3.63) is 52.2 Å². The van der Waals surface area contributed by atoms with Crippen molar-refractivity contribution in [2.24, 2.45) is 11.8 Å². The van der Waals surface area contributed by atoms with Crippen LogP contribution in [-0.4, -0.2) is 48.8 Å². The monoisotopic (exact) mass is 481 g/mol. The van der Waals surface area contributed by atoms with Gasteiger partial charge in [-0.15, -0.1) is 11.3 Å². The summed E-state index contributed by atoms with van der Waals surface area (Å²) < 4.78 is 0. The van der Waals surface area contributed by atoms with E-state index in [4.69, 9.17) is 0 Å². The fourth-order valence-electron chi connectivity index (χ4n) is 4.87. The first kappa shape index (κ1) is 24.5. The van der Waals surface area contributed by atoms with Crippen molar-refractivity contribution in [3.63, 3.8) is 0 Å². The van der Waals surface area contributed by atoms with Gasteiger partial charge in [-0.1, -0.05) is 31.5 Å². The molecule has 1 aromatic carbocycles. The third kappa shape index (κ3) is 6.06. The SMILES string of the molecule is CCCCc1ccc(N2CC(C(=O)N3CCC(C(=O)NCCc4cccs4)CC3)CC2=O)cc1. The first-order valence-corrected chi connectivity index (χ1v) is 13.4. The van der Waals surface area contributed by atoms with Crippen molar-refractivity contribution in [3.8, 4) is 0 Å². The molecule has 0 spiro atoms. The molecule has 6 nitrogen and oxygen atoms in total. The first-order valence-electron chi connectivity index (χ1n) is 12.5. The van der Waals surface area contributed by atoms with E-state index in [2.05, 4.69) is 30.4 Å². The Morgan fingerprint density at radius 2 is 1.82 bits per heavy atom. The van der Waals surface area contributed by atoms with Gasteiger partial charge in [-0.3, -0.25) is 14.4 Å². The van der Waals surface area contributed by atoms with Crippen LogP contribution in [0.3, 0.4) is 0 Å². The number of amides is 3. The molecule has 0 radical (unpaired) electrons. The zero-order valence-corrected chi connectivity index (χ0v) is 20.8. The second-order valence-corrected chi connectivity index (χ2v) is 10.4. The molecule has 1 atom stereocenters. The van der Waals surface area contributed by atoms with Crippen molar-refractivity contribution in [1.29, 1.82) is 0 Å². The summed E-state index contributed by atoms with van der Waals surface area (Å²) in [5, 5.41) is 5.09. The minimum Gasteiger partial charge on any atom is -0.355 e. The summed E-state index contributed by atoms with van der Waals surface area (Å²) in [5.41, 5.74) is 2.15. The number of benzene rings is 1. The Kier molecular flexibility index (Phi) is 8.38. The first-order chi connectivity index (χ1) is 16.5. The number of unbranched alkanes of at least 4 members (excludes halogenated alkanes) is 1. The molecule has 1 N–H and O–H groups in total. The van der Waals surface area contributed by atoms with Gasteiger partial charge in [0.25, 0.3) is 0 Å². The number of carbonyl (C=O) groups excluding carboxylic acids is 3. The maximum Gasteiger partial charge on any atom is 0.228 e. The molecule has 3 amide bonds. The third-order valence-electron chi connectivity index (χ3n) is 6.97. The minimum atomic E-state index is -0.302. The maximum absolute atomic E-state index is 13.1. The van der Waals surface area contributed by atoms with Crippen LogP contribution in [0.4, 0.5) is 5.69 Å². The largest absolute Gasteiger partial charge is 0.355 e. The second kappa shape index (κ2) is 11.6. The number of anilines is 1. The van der Waals surface area contributed by atoms with Gasteiger partial charge >= 0.3 is 0 Å². The Balaban J connectivity index is 1.23. The number of hydrogen-bond donors (Lipinski definition) is 1. The van der Waals surface area contributed by atoms with Gasteiger partial charge in [0.15, 0.2) is 0 Å². The van der Waals surface area contributed by atoms with Crippen molar-refractivity contribution >= 4 is 34.7 Å². The van der Waals surface area contributed by atoms with Crippen LogP contribution in [0.15, 0.2) is 41.8 Å². The third-order valence-corrected chi connectivity index (χ3v) is 7.91. The second-order valence-electron chi connectivity index (χ2n) is 9.40. The van der Waals surface area contributed by atoms with Crippen LogP contribution in [0, 0.1) is 11.8 Å². The van der Waals surface area contributed by atoms with E-state index in [0.717, 1.165) is 31.4 Å².